The number of rotatable bonds is 8. The standard InChI is InChI=1S/C20H23F3N4O6S/c1-34(30,31)27(13-17(19(28)25-29)26-8-10-32-11-9-26)15-3-5-16(6-4-15)33-18-7-2-14(12-24-18)20(21,22)23/h2-7,12,17,29H,8-11,13H2,1H3,(H,25,28)/t17-/m0/s1. The van der Waals surface area contributed by atoms with Crippen molar-refractivity contribution in [2.45, 2.75) is 12.2 Å². The van der Waals surface area contributed by atoms with Crippen LogP contribution in [0.15, 0.2) is 42.6 Å². The molecule has 2 aromatic rings. The Morgan fingerprint density at radius 1 is 1.24 bits per heavy atom. The van der Waals surface area contributed by atoms with Gasteiger partial charge in [-0.3, -0.25) is 19.2 Å². The zero-order valence-electron chi connectivity index (χ0n) is 18.0. The Labute approximate surface area is 193 Å². The van der Waals surface area contributed by atoms with Gasteiger partial charge in [-0.25, -0.2) is 18.9 Å². The summed E-state index contributed by atoms with van der Waals surface area (Å²) in [5.41, 5.74) is 0.886. The van der Waals surface area contributed by atoms with Crippen molar-refractivity contribution >= 4 is 21.6 Å². The molecule has 186 valence electrons. The second-order valence-electron chi connectivity index (χ2n) is 7.41. The molecular formula is C20H23F3N4O6S. The highest BCUT2D eigenvalue weighted by Gasteiger charge is 2.33. The first kappa shape index (κ1) is 25.7. The summed E-state index contributed by atoms with van der Waals surface area (Å²) < 4.78 is 74.7. The van der Waals surface area contributed by atoms with E-state index in [9.17, 15) is 26.4 Å². The third-order valence-corrected chi connectivity index (χ3v) is 6.21. The van der Waals surface area contributed by atoms with Crippen molar-refractivity contribution < 1.29 is 41.1 Å². The summed E-state index contributed by atoms with van der Waals surface area (Å²) in [7, 11) is -3.83. The highest BCUT2D eigenvalue weighted by molar-refractivity contribution is 7.92. The Balaban J connectivity index is 1.78. The minimum absolute atomic E-state index is 0.0762. The Morgan fingerprint density at radius 2 is 1.88 bits per heavy atom. The highest BCUT2D eigenvalue weighted by atomic mass is 32.2. The fraction of sp³-hybridized carbons (Fsp3) is 0.400. The number of aromatic nitrogens is 1. The minimum atomic E-state index is -4.52. The monoisotopic (exact) mass is 504 g/mol. The van der Waals surface area contributed by atoms with Gasteiger partial charge in [-0.2, -0.15) is 13.2 Å². The SMILES string of the molecule is CS(=O)(=O)N(C[C@@H](C(=O)NO)N1CCOCC1)c1ccc(Oc2ccc(C(F)(F)F)cn2)cc1. The first-order chi connectivity index (χ1) is 16.0. The lowest BCUT2D eigenvalue weighted by atomic mass is 10.2. The van der Waals surface area contributed by atoms with Crippen LogP contribution in [0, 0.1) is 0 Å². The number of benzene rings is 1. The second kappa shape index (κ2) is 10.5. The van der Waals surface area contributed by atoms with E-state index >= 15 is 0 Å². The molecule has 0 spiro atoms. The number of nitrogens with zero attached hydrogens (tertiary/aromatic N) is 3. The molecule has 2 heterocycles. The zero-order valence-corrected chi connectivity index (χ0v) is 18.8. The van der Waals surface area contributed by atoms with Crippen molar-refractivity contribution in [3.8, 4) is 11.6 Å². The molecule has 1 aliphatic rings. The largest absolute Gasteiger partial charge is 0.439 e. The molecule has 1 aliphatic heterocycles. The van der Waals surface area contributed by atoms with Gasteiger partial charge in [0, 0.05) is 25.4 Å². The van der Waals surface area contributed by atoms with Crippen molar-refractivity contribution in [2.75, 3.05) is 43.4 Å². The van der Waals surface area contributed by atoms with Gasteiger partial charge in [-0.1, -0.05) is 0 Å². The average Bonchev–Trinajstić information content (AvgIpc) is 2.79. The van der Waals surface area contributed by atoms with E-state index in [1.165, 1.54) is 24.3 Å². The quantitative estimate of drug-likeness (QED) is 0.413. The molecular weight excluding hydrogens is 481 g/mol. The predicted octanol–water partition coefficient (Wildman–Crippen LogP) is 1.86. The summed E-state index contributed by atoms with van der Waals surface area (Å²) in [5, 5.41) is 9.15. The summed E-state index contributed by atoms with van der Waals surface area (Å²) in [6.45, 7) is 1.20. The summed E-state index contributed by atoms with van der Waals surface area (Å²) in [6, 6.07) is 6.61. The first-order valence-corrected chi connectivity index (χ1v) is 11.9. The average molecular weight is 504 g/mol. The summed E-state index contributed by atoms with van der Waals surface area (Å²) in [6.07, 6.45) is -2.89. The molecule has 2 N–H and O–H groups in total. The normalized spacial score (nSPS) is 16.0. The molecule has 1 fully saturated rings. The Hall–Kier alpha value is -2.94. The number of hydrogen-bond donors (Lipinski definition) is 2. The van der Waals surface area contributed by atoms with E-state index in [2.05, 4.69) is 4.98 Å². The van der Waals surface area contributed by atoms with Crippen LogP contribution in [0.4, 0.5) is 18.9 Å². The van der Waals surface area contributed by atoms with Gasteiger partial charge in [-0.05, 0) is 30.3 Å². The number of hydroxylamine groups is 1. The van der Waals surface area contributed by atoms with E-state index in [-0.39, 0.29) is 23.9 Å². The van der Waals surface area contributed by atoms with E-state index in [4.69, 9.17) is 14.7 Å². The molecule has 1 amide bonds. The number of anilines is 1. The first-order valence-electron chi connectivity index (χ1n) is 10.0. The number of ether oxygens (including phenoxy) is 2. The lowest BCUT2D eigenvalue weighted by molar-refractivity contribution is -0.138. The van der Waals surface area contributed by atoms with Crippen LogP contribution in [0.1, 0.15) is 5.56 Å². The van der Waals surface area contributed by atoms with E-state index in [0.29, 0.717) is 32.5 Å². The maximum absolute atomic E-state index is 12.7. The Bertz CT molecular complexity index is 1070. The van der Waals surface area contributed by atoms with Crippen LogP contribution >= 0.6 is 0 Å². The molecule has 0 saturated carbocycles. The molecule has 0 aliphatic carbocycles. The fourth-order valence-electron chi connectivity index (χ4n) is 3.33. The van der Waals surface area contributed by atoms with E-state index < -0.39 is 33.7 Å². The lowest BCUT2D eigenvalue weighted by Gasteiger charge is -2.36. The molecule has 1 aromatic heterocycles. The van der Waals surface area contributed by atoms with Gasteiger partial charge in [0.05, 0.1) is 37.3 Å². The molecule has 1 aromatic carbocycles. The zero-order chi connectivity index (χ0) is 24.9. The van der Waals surface area contributed by atoms with Gasteiger partial charge in [0.2, 0.25) is 15.9 Å². The molecule has 0 radical (unpaired) electrons. The van der Waals surface area contributed by atoms with Gasteiger partial charge >= 0.3 is 6.18 Å². The van der Waals surface area contributed by atoms with Crippen LogP contribution in [0.25, 0.3) is 0 Å². The van der Waals surface area contributed by atoms with Crippen molar-refractivity contribution in [3.05, 3.63) is 48.2 Å². The van der Waals surface area contributed by atoms with Crippen molar-refractivity contribution in [2.24, 2.45) is 0 Å². The van der Waals surface area contributed by atoms with Crippen LogP contribution in [-0.2, 0) is 25.7 Å². The predicted molar refractivity (Wildman–Crippen MR) is 114 cm³/mol. The lowest BCUT2D eigenvalue weighted by Crippen LogP contribution is -2.56. The molecule has 10 nitrogen and oxygen atoms in total. The number of morpholine rings is 1. The van der Waals surface area contributed by atoms with E-state index in [0.717, 1.165) is 22.7 Å². The topological polar surface area (TPSA) is 121 Å². The summed E-state index contributed by atoms with van der Waals surface area (Å²) >= 11 is 0. The van der Waals surface area contributed by atoms with Crippen LogP contribution in [0.5, 0.6) is 11.6 Å². The molecule has 14 heteroatoms. The number of carbonyl (C=O) groups is 1. The van der Waals surface area contributed by atoms with Gasteiger partial charge in [-0.15, -0.1) is 0 Å². The number of halogens is 3. The van der Waals surface area contributed by atoms with Crippen LogP contribution in [-0.4, -0.2) is 74.6 Å². The van der Waals surface area contributed by atoms with Crippen LogP contribution in [0.3, 0.4) is 0 Å². The van der Waals surface area contributed by atoms with E-state index in [1.807, 2.05) is 0 Å². The van der Waals surface area contributed by atoms with Crippen LogP contribution < -0.4 is 14.5 Å². The van der Waals surface area contributed by atoms with Gasteiger partial charge in [0.1, 0.15) is 11.8 Å². The minimum Gasteiger partial charge on any atom is -0.439 e. The number of carbonyl (C=O) groups excluding carboxylic acids is 1. The van der Waals surface area contributed by atoms with E-state index in [1.54, 1.807) is 10.4 Å². The number of amides is 1. The molecule has 1 atom stereocenters. The number of sulfonamides is 1. The second-order valence-corrected chi connectivity index (χ2v) is 9.32. The van der Waals surface area contributed by atoms with Gasteiger partial charge < -0.3 is 9.47 Å². The molecule has 0 bridgehead atoms. The van der Waals surface area contributed by atoms with Gasteiger partial charge in [0.15, 0.2) is 0 Å². The smallest absolute Gasteiger partial charge is 0.417 e. The third kappa shape index (κ3) is 6.56. The molecule has 34 heavy (non-hydrogen) atoms. The number of hydrogen-bond acceptors (Lipinski definition) is 8. The molecule has 1 saturated heterocycles. The Kier molecular flexibility index (Phi) is 7.97. The van der Waals surface area contributed by atoms with Crippen LogP contribution in [0.2, 0.25) is 0 Å². The number of alkyl halides is 3. The maximum atomic E-state index is 12.7. The molecule has 3 rings (SSSR count). The van der Waals surface area contributed by atoms with Crippen molar-refractivity contribution in [3.63, 3.8) is 0 Å². The third-order valence-electron chi connectivity index (χ3n) is 5.05. The van der Waals surface area contributed by atoms with Crippen molar-refractivity contribution in [1.82, 2.24) is 15.4 Å². The molecule has 0 unspecified atom stereocenters. The summed E-state index contributed by atoms with van der Waals surface area (Å²) in [5.74, 6) is -0.626. The number of nitrogens with one attached hydrogen (secondary N) is 1. The Morgan fingerprint density at radius 3 is 2.38 bits per heavy atom. The maximum Gasteiger partial charge on any atom is 0.417 e. The highest BCUT2D eigenvalue weighted by Crippen LogP contribution is 2.30. The van der Waals surface area contributed by atoms with Gasteiger partial charge in [0.25, 0.3) is 5.91 Å². The summed E-state index contributed by atoms with van der Waals surface area (Å²) in [4.78, 5) is 17.6. The van der Waals surface area contributed by atoms with Crippen molar-refractivity contribution in [1.29, 1.82) is 0 Å². The fourth-order valence-corrected chi connectivity index (χ4v) is 4.24. The number of pyridine rings is 1.